The van der Waals surface area contributed by atoms with Crippen molar-refractivity contribution in [2.75, 3.05) is 11.1 Å². The third kappa shape index (κ3) is 3.42. The van der Waals surface area contributed by atoms with Crippen molar-refractivity contribution in [3.05, 3.63) is 47.5 Å². The van der Waals surface area contributed by atoms with Crippen LogP contribution in [0.1, 0.15) is 11.1 Å². The number of nitrogens with one attached hydrogen (secondary N) is 1. The lowest BCUT2D eigenvalue weighted by Crippen LogP contribution is -2.13. The van der Waals surface area contributed by atoms with Crippen LogP contribution in [-0.2, 0) is 4.79 Å². The molecule has 5 nitrogen and oxygen atoms in total. The maximum Gasteiger partial charge on any atom is 0.235 e. The molecular weight excluding hydrogens is 322 g/mol. The highest BCUT2D eigenvalue weighted by molar-refractivity contribution is 8.04. The van der Waals surface area contributed by atoms with Gasteiger partial charge >= 0.3 is 0 Å². The number of hydrogen-bond acceptors (Lipinski definition) is 5. The lowest BCUT2D eigenvalue weighted by atomic mass is 10.1. The number of nitrogens with zero attached hydrogens (tertiary/aromatic N) is 2. The van der Waals surface area contributed by atoms with Crippen LogP contribution in [0.3, 0.4) is 0 Å². The van der Waals surface area contributed by atoms with E-state index in [0.29, 0.717) is 22.7 Å². The highest BCUT2D eigenvalue weighted by Crippen LogP contribution is 2.29. The Hall–Kier alpha value is -2.78. The molecule has 0 saturated carbocycles. The van der Waals surface area contributed by atoms with E-state index in [4.69, 9.17) is 9.68 Å². The van der Waals surface area contributed by atoms with Crippen LogP contribution in [0.5, 0.6) is 0 Å². The quantitative estimate of drug-likeness (QED) is 0.719. The molecule has 6 heteroatoms. The van der Waals surface area contributed by atoms with Crippen molar-refractivity contribution in [1.29, 1.82) is 5.26 Å². The Morgan fingerprint density at radius 3 is 2.75 bits per heavy atom. The number of fused-ring (bicyclic) bond motifs is 1. The van der Waals surface area contributed by atoms with Gasteiger partial charge in [0.05, 0.1) is 5.75 Å². The van der Waals surface area contributed by atoms with Crippen molar-refractivity contribution in [2.24, 2.45) is 0 Å². The molecule has 120 valence electrons. The summed E-state index contributed by atoms with van der Waals surface area (Å²) in [5, 5.41) is 13.2. The monoisotopic (exact) mass is 337 g/mol. The highest BCUT2D eigenvalue weighted by Gasteiger charge is 2.12. The van der Waals surface area contributed by atoms with Crippen LogP contribution in [0.4, 0.5) is 5.69 Å². The molecule has 1 heterocycles. The standard InChI is InChI=1S/C18H15N3O2S/c1-11-3-5-13(6-4-11)18-21-15-8-14(7-12(2)17(15)23-18)20-16(22)9-24-10-19/h3-8H,9H2,1-2H3,(H,20,22). The number of rotatable bonds is 4. The van der Waals surface area contributed by atoms with Gasteiger partial charge in [0.25, 0.3) is 0 Å². The number of thiocyanates is 1. The van der Waals surface area contributed by atoms with Crippen LogP contribution < -0.4 is 5.32 Å². The summed E-state index contributed by atoms with van der Waals surface area (Å²) in [6.07, 6.45) is 0. The zero-order valence-corrected chi connectivity index (χ0v) is 14.1. The Morgan fingerprint density at radius 1 is 1.29 bits per heavy atom. The second-order valence-corrected chi connectivity index (χ2v) is 6.21. The zero-order chi connectivity index (χ0) is 17.1. The number of amides is 1. The Balaban J connectivity index is 1.92. The number of thioether (sulfide) groups is 1. The Morgan fingerprint density at radius 2 is 2.04 bits per heavy atom. The van der Waals surface area contributed by atoms with Gasteiger partial charge in [0.15, 0.2) is 5.58 Å². The van der Waals surface area contributed by atoms with E-state index < -0.39 is 0 Å². The van der Waals surface area contributed by atoms with Gasteiger partial charge in [0, 0.05) is 11.3 Å². The molecule has 0 unspecified atom stereocenters. The van der Waals surface area contributed by atoms with Gasteiger partial charge < -0.3 is 9.73 Å². The van der Waals surface area contributed by atoms with Crippen molar-refractivity contribution in [3.8, 4) is 16.9 Å². The smallest absolute Gasteiger partial charge is 0.235 e. The minimum Gasteiger partial charge on any atom is -0.436 e. The van der Waals surface area contributed by atoms with Gasteiger partial charge in [0.1, 0.15) is 10.9 Å². The number of anilines is 1. The summed E-state index contributed by atoms with van der Waals surface area (Å²) < 4.78 is 5.88. The number of carbonyl (C=O) groups is 1. The molecule has 1 aromatic heterocycles. The van der Waals surface area contributed by atoms with Crippen LogP contribution in [0.2, 0.25) is 0 Å². The van der Waals surface area contributed by atoms with Gasteiger partial charge in [0.2, 0.25) is 11.8 Å². The normalized spacial score (nSPS) is 10.5. The molecule has 3 aromatic rings. The first-order valence-corrected chi connectivity index (χ1v) is 8.34. The Labute approximate surface area is 143 Å². The average Bonchev–Trinajstić information content (AvgIpc) is 2.98. The molecule has 0 saturated heterocycles. The van der Waals surface area contributed by atoms with E-state index in [2.05, 4.69) is 10.3 Å². The van der Waals surface area contributed by atoms with E-state index in [1.807, 2.05) is 49.6 Å². The Bertz CT molecular complexity index is 939. The summed E-state index contributed by atoms with van der Waals surface area (Å²) in [5.74, 6) is 0.431. The first-order chi connectivity index (χ1) is 11.6. The second-order valence-electron chi connectivity index (χ2n) is 5.45. The average molecular weight is 337 g/mol. The van der Waals surface area contributed by atoms with Gasteiger partial charge in [-0.25, -0.2) is 4.98 Å². The molecule has 0 atom stereocenters. The van der Waals surface area contributed by atoms with Gasteiger partial charge in [-0.2, -0.15) is 5.26 Å². The zero-order valence-electron chi connectivity index (χ0n) is 13.3. The van der Waals surface area contributed by atoms with Crippen molar-refractivity contribution < 1.29 is 9.21 Å². The number of aryl methyl sites for hydroxylation is 2. The van der Waals surface area contributed by atoms with Crippen LogP contribution >= 0.6 is 11.8 Å². The minimum absolute atomic E-state index is 0.0982. The number of hydrogen-bond donors (Lipinski definition) is 1. The molecule has 0 fully saturated rings. The van der Waals surface area contributed by atoms with Crippen molar-refractivity contribution in [1.82, 2.24) is 4.98 Å². The SMILES string of the molecule is Cc1ccc(-c2nc3cc(NC(=O)CSC#N)cc(C)c3o2)cc1. The summed E-state index contributed by atoms with van der Waals surface area (Å²) in [6.45, 7) is 3.94. The van der Waals surface area contributed by atoms with Gasteiger partial charge in [-0.05, 0) is 55.4 Å². The molecule has 0 bridgehead atoms. The van der Waals surface area contributed by atoms with E-state index in [-0.39, 0.29) is 11.7 Å². The highest BCUT2D eigenvalue weighted by atomic mass is 32.2. The molecule has 3 rings (SSSR count). The number of benzene rings is 2. The second kappa shape index (κ2) is 6.77. The van der Waals surface area contributed by atoms with Gasteiger partial charge in [-0.3, -0.25) is 4.79 Å². The fourth-order valence-corrected chi connectivity index (χ4v) is 2.65. The topological polar surface area (TPSA) is 78.9 Å². The van der Waals surface area contributed by atoms with Crippen LogP contribution in [0.15, 0.2) is 40.8 Å². The number of oxazole rings is 1. The summed E-state index contributed by atoms with van der Waals surface area (Å²) in [4.78, 5) is 16.3. The van der Waals surface area contributed by atoms with Crippen LogP contribution in [0, 0.1) is 24.5 Å². The molecule has 0 aliphatic carbocycles. The third-order valence-electron chi connectivity index (χ3n) is 3.53. The van der Waals surface area contributed by atoms with Gasteiger partial charge in [-0.15, -0.1) is 0 Å². The maximum atomic E-state index is 11.8. The molecule has 24 heavy (non-hydrogen) atoms. The van der Waals surface area contributed by atoms with Gasteiger partial charge in [-0.1, -0.05) is 17.7 Å². The molecule has 2 aromatic carbocycles. The van der Waals surface area contributed by atoms with E-state index in [0.717, 1.165) is 22.9 Å². The molecule has 0 aliphatic rings. The minimum atomic E-state index is -0.220. The van der Waals surface area contributed by atoms with Crippen LogP contribution in [0.25, 0.3) is 22.6 Å². The summed E-state index contributed by atoms with van der Waals surface area (Å²) in [6, 6.07) is 11.6. The van der Waals surface area contributed by atoms with E-state index in [1.54, 1.807) is 6.07 Å². The number of nitriles is 1. The third-order valence-corrected chi connectivity index (χ3v) is 4.06. The first-order valence-electron chi connectivity index (χ1n) is 7.36. The van der Waals surface area contributed by atoms with Crippen LogP contribution in [-0.4, -0.2) is 16.6 Å². The molecular formula is C18H15N3O2S. The predicted molar refractivity (Wildman–Crippen MR) is 95.6 cm³/mol. The van der Waals surface area contributed by atoms with E-state index >= 15 is 0 Å². The lowest BCUT2D eigenvalue weighted by molar-refractivity contribution is -0.113. The largest absolute Gasteiger partial charge is 0.436 e. The molecule has 0 radical (unpaired) electrons. The summed E-state index contributed by atoms with van der Waals surface area (Å²) in [5.41, 5.74) is 5.01. The van der Waals surface area contributed by atoms with Crippen molar-refractivity contribution in [2.45, 2.75) is 13.8 Å². The van der Waals surface area contributed by atoms with E-state index in [9.17, 15) is 4.79 Å². The van der Waals surface area contributed by atoms with Crippen molar-refractivity contribution in [3.63, 3.8) is 0 Å². The first kappa shape index (κ1) is 16.1. The Kier molecular flexibility index (Phi) is 4.54. The molecule has 1 amide bonds. The fraction of sp³-hybridized carbons (Fsp3) is 0.167. The molecule has 0 spiro atoms. The maximum absolute atomic E-state index is 11.8. The number of carbonyl (C=O) groups excluding carboxylic acids is 1. The molecule has 1 N–H and O–H groups in total. The summed E-state index contributed by atoms with van der Waals surface area (Å²) in [7, 11) is 0. The molecule has 0 aliphatic heterocycles. The van der Waals surface area contributed by atoms with Crippen molar-refractivity contribution >= 4 is 34.5 Å². The predicted octanol–water partition coefficient (Wildman–Crippen LogP) is 4.26. The van der Waals surface area contributed by atoms with E-state index in [1.165, 1.54) is 5.56 Å². The fourth-order valence-electron chi connectivity index (χ4n) is 2.39. The number of aromatic nitrogens is 1. The lowest BCUT2D eigenvalue weighted by Gasteiger charge is -2.04. The summed E-state index contributed by atoms with van der Waals surface area (Å²) >= 11 is 0.905.